The predicted molar refractivity (Wildman–Crippen MR) is 112 cm³/mol. The second kappa shape index (κ2) is 10.0. The van der Waals surface area contributed by atoms with E-state index in [4.69, 9.17) is 0 Å². The lowest BCUT2D eigenvalue weighted by atomic mass is 10.0. The number of rotatable bonds is 8. The Morgan fingerprint density at radius 3 is 2.30 bits per heavy atom. The molecule has 3 atom stereocenters. The minimum absolute atomic E-state index is 0.127. The van der Waals surface area contributed by atoms with Crippen LogP contribution in [-0.2, 0) is 13.4 Å². The number of allylic oxidation sites excluding steroid dienone is 5. The number of hydrogen-bond acceptors (Lipinski definition) is 5. The summed E-state index contributed by atoms with van der Waals surface area (Å²) >= 11 is 0. The summed E-state index contributed by atoms with van der Waals surface area (Å²) in [5.41, 5.74) is 2.97. The van der Waals surface area contributed by atoms with Gasteiger partial charge in [0.15, 0.2) is 7.34 Å². The van der Waals surface area contributed by atoms with Crippen molar-refractivity contribution in [1.82, 2.24) is 0 Å². The van der Waals surface area contributed by atoms with Crippen molar-refractivity contribution in [1.29, 1.82) is 0 Å². The quantitative estimate of drug-likeness (QED) is 0.297. The molecule has 0 fully saturated rings. The minimum Gasteiger partial charge on any atom is -0.349 e. The molecule has 0 radical (unpaired) electrons. The largest absolute Gasteiger partial charge is 0.370 e. The monoisotopic (exact) mass is 440 g/mol. The first-order valence-corrected chi connectivity index (χ1v) is 13.8. The molecule has 1 heterocycles. The van der Waals surface area contributed by atoms with Gasteiger partial charge in [0.05, 0.1) is 5.54 Å². The molecule has 0 aromatic rings. The Labute approximate surface area is 161 Å². The Balaban J connectivity index is 2.67. The summed E-state index contributed by atoms with van der Waals surface area (Å²) in [4.78, 5) is 39.1. The Kier molecular flexibility index (Phi) is 9.19. The molecule has 3 unspecified atom stereocenters. The highest BCUT2D eigenvalue weighted by Crippen LogP contribution is 2.78. The summed E-state index contributed by atoms with van der Waals surface area (Å²) in [5.74, 6) is 0.127. The average molecular weight is 440 g/mol. The molecular formula is C17H31O7P3. The first-order chi connectivity index (χ1) is 12.3. The maximum absolute atomic E-state index is 12.1. The summed E-state index contributed by atoms with van der Waals surface area (Å²) in [6, 6.07) is 0. The van der Waals surface area contributed by atoms with Crippen molar-refractivity contribution in [3.63, 3.8) is 0 Å². The fourth-order valence-electron chi connectivity index (χ4n) is 2.65. The standard InChI is InChI=1S/C17H31O7P3/c1-14(2)7-5-8-15(3)9-6-10-16(4)11-12-17-25(18,19)13-26(20,21)24-27(17,22)23/h7,9,12-13,16,18-19H,5-6,8,10-11H2,1-4H3,(H,20,21)(H,22,23)/b15-9+,17-12-. The van der Waals surface area contributed by atoms with Gasteiger partial charge in [-0.2, -0.15) is 0 Å². The SMILES string of the molecule is CC(C)=CCC/C(C)=C/CCC(C)C/C=C1\P(=O)(O)OP(=O)(O)C=P1(O)O. The fourth-order valence-corrected chi connectivity index (χ4v) is 9.89. The zero-order valence-electron chi connectivity index (χ0n) is 16.3. The third kappa shape index (κ3) is 8.77. The summed E-state index contributed by atoms with van der Waals surface area (Å²) in [7, 11) is -13.6. The van der Waals surface area contributed by atoms with Crippen LogP contribution < -0.4 is 0 Å². The van der Waals surface area contributed by atoms with Gasteiger partial charge in [-0.05, 0) is 58.8 Å². The van der Waals surface area contributed by atoms with Crippen LogP contribution in [0.3, 0.4) is 0 Å². The Morgan fingerprint density at radius 2 is 1.74 bits per heavy atom. The van der Waals surface area contributed by atoms with Crippen molar-refractivity contribution in [3.05, 3.63) is 34.4 Å². The lowest BCUT2D eigenvalue weighted by molar-refractivity contribution is 0.347. The van der Waals surface area contributed by atoms with Crippen LogP contribution in [0, 0.1) is 5.92 Å². The molecule has 0 aromatic carbocycles. The van der Waals surface area contributed by atoms with Gasteiger partial charge in [0.25, 0.3) is 0 Å². The topological polar surface area (TPSA) is 124 Å². The van der Waals surface area contributed by atoms with Crippen LogP contribution >= 0.6 is 22.5 Å². The second-order valence-electron chi connectivity index (χ2n) is 7.28. The van der Waals surface area contributed by atoms with Crippen LogP contribution in [0.5, 0.6) is 0 Å². The van der Waals surface area contributed by atoms with Crippen LogP contribution in [0.2, 0.25) is 0 Å². The van der Waals surface area contributed by atoms with E-state index in [1.165, 1.54) is 17.2 Å². The summed E-state index contributed by atoms with van der Waals surface area (Å²) in [6.07, 6.45) is 9.68. The van der Waals surface area contributed by atoms with E-state index in [1.807, 2.05) is 6.92 Å². The third-order valence-corrected chi connectivity index (χ3v) is 11.6. The molecule has 10 heteroatoms. The van der Waals surface area contributed by atoms with E-state index in [0.29, 0.717) is 12.0 Å². The van der Waals surface area contributed by atoms with Crippen molar-refractivity contribution in [2.24, 2.45) is 5.92 Å². The van der Waals surface area contributed by atoms with Gasteiger partial charge in [-0.3, -0.25) is 9.13 Å². The molecule has 0 saturated carbocycles. The average Bonchev–Trinajstić information content (AvgIpc) is 2.42. The Morgan fingerprint density at radius 1 is 1.11 bits per heavy atom. The molecule has 27 heavy (non-hydrogen) atoms. The Bertz CT molecular complexity index is 769. The predicted octanol–water partition coefficient (Wildman–Crippen LogP) is 5.32. The van der Waals surface area contributed by atoms with Crippen molar-refractivity contribution in [3.8, 4) is 0 Å². The van der Waals surface area contributed by atoms with Gasteiger partial charge < -0.3 is 19.6 Å². The van der Waals surface area contributed by atoms with Gasteiger partial charge in [-0.1, -0.05) is 36.3 Å². The van der Waals surface area contributed by atoms with Gasteiger partial charge in [0, 0.05) is 0 Å². The highest BCUT2D eigenvalue weighted by atomic mass is 31.3. The Hall–Kier alpha value is -0.220. The zero-order valence-corrected chi connectivity index (χ0v) is 19.0. The molecule has 0 aromatic heterocycles. The van der Waals surface area contributed by atoms with Gasteiger partial charge in [-0.25, -0.2) is 4.31 Å². The van der Waals surface area contributed by atoms with Gasteiger partial charge in [0.1, 0.15) is 5.06 Å². The maximum Gasteiger partial charge on any atom is 0.370 e. The maximum atomic E-state index is 12.1. The second-order valence-corrected chi connectivity index (χ2v) is 13.6. The summed E-state index contributed by atoms with van der Waals surface area (Å²) in [6.45, 7) is 8.19. The lowest BCUT2D eigenvalue weighted by Gasteiger charge is -2.27. The van der Waals surface area contributed by atoms with Crippen molar-refractivity contribution >= 4 is 28.1 Å². The molecule has 0 saturated heterocycles. The van der Waals surface area contributed by atoms with E-state index in [-0.39, 0.29) is 5.92 Å². The van der Waals surface area contributed by atoms with Gasteiger partial charge in [0.2, 0.25) is 0 Å². The minimum atomic E-state index is -4.71. The number of hydrogen-bond donors (Lipinski definition) is 4. The van der Waals surface area contributed by atoms with Crippen LogP contribution in [0.15, 0.2) is 34.4 Å². The molecule has 0 aliphatic carbocycles. The molecule has 0 amide bonds. The van der Waals surface area contributed by atoms with E-state index in [2.05, 4.69) is 37.2 Å². The molecule has 7 nitrogen and oxygen atoms in total. The molecule has 0 bridgehead atoms. The van der Waals surface area contributed by atoms with Crippen LogP contribution in [0.25, 0.3) is 0 Å². The van der Waals surface area contributed by atoms with E-state index in [1.54, 1.807) is 0 Å². The van der Waals surface area contributed by atoms with Crippen molar-refractivity contribution < 1.29 is 33.0 Å². The molecule has 0 spiro atoms. The third-order valence-electron chi connectivity index (χ3n) is 4.11. The normalized spacial score (nSPS) is 30.7. The molecule has 1 aliphatic rings. The fraction of sp³-hybridized carbons (Fsp3) is 0.588. The van der Waals surface area contributed by atoms with Crippen LogP contribution in [0.4, 0.5) is 0 Å². The molecular weight excluding hydrogens is 409 g/mol. The van der Waals surface area contributed by atoms with Crippen molar-refractivity contribution in [2.75, 3.05) is 0 Å². The summed E-state index contributed by atoms with van der Waals surface area (Å²) < 4.78 is 27.8. The van der Waals surface area contributed by atoms with Crippen LogP contribution in [-0.4, -0.2) is 25.1 Å². The lowest BCUT2D eigenvalue weighted by Crippen LogP contribution is -2.04. The molecule has 1 rings (SSSR count). The molecule has 1 aliphatic heterocycles. The molecule has 4 N–H and O–H groups in total. The zero-order chi connectivity index (χ0) is 20.9. The van der Waals surface area contributed by atoms with E-state index < -0.39 is 27.6 Å². The highest BCUT2D eigenvalue weighted by molar-refractivity contribution is 7.99. The smallest absolute Gasteiger partial charge is 0.349 e. The van der Waals surface area contributed by atoms with E-state index >= 15 is 0 Å². The highest BCUT2D eigenvalue weighted by Gasteiger charge is 2.46. The van der Waals surface area contributed by atoms with Crippen LogP contribution in [0.1, 0.15) is 59.8 Å². The molecule has 156 valence electrons. The van der Waals surface area contributed by atoms with Crippen molar-refractivity contribution in [2.45, 2.75) is 59.8 Å². The summed E-state index contributed by atoms with van der Waals surface area (Å²) in [5, 5.41) is -0.573. The first-order valence-electron chi connectivity index (χ1n) is 8.83. The van der Waals surface area contributed by atoms with E-state index in [9.17, 15) is 28.7 Å². The van der Waals surface area contributed by atoms with Gasteiger partial charge >= 0.3 is 15.2 Å². The van der Waals surface area contributed by atoms with E-state index in [0.717, 1.165) is 25.7 Å². The van der Waals surface area contributed by atoms with Gasteiger partial charge in [-0.15, -0.1) is 0 Å². The first kappa shape index (κ1) is 24.8.